The highest BCUT2D eigenvalue weighted by Crippen LogP contribution is 2.12. The van der Waals surface area contributed by atoms with E-state index in [9.17, 15) is 4.79 Å². The molecule has 0 saturated heterocycles. The lowest BCUT2D eigenvalue weighted by Crippen LogP contribution is -2.34. The maximum atomic E-state index is 11.1. The number of hydrazine groups is 1. The minimum Gasteiger partial charge on any atom is -0.294 e. The zero-order chi connectivity index (χ0) is 12.2. The van der Waals surface area contributed by atoms with Gasteiger partial charge in [-0.2, -0.15) is 0 Å². The number of hydrogen-bond donors (Lipinski definition) is 2. The summed E-state index contributed by atoms with van der Waals surface area (Å²) in [5.41, 5.74) is 2.20. The molecule has 0 aromatic carbocycles. The van der Waals surface area contributed by atoms with Gasteiger partial charge in [-0.05, 0) is 6.42 Å². The highest BCUT2D eigenvalue weighted by Gasteiger charge is 2.09. The third-order valence-corrected chi connectivity index (χ3v) is 3.08. The molecule has 0 aromatic rings. The quantitative estimate of drug-likeness (QED) is 0.261. The average molecular weight is 228 g/mol. The lowest BCUT2D eigenvalue weighted by Gasteiger charge is -2.08. The van der Waals surface area contributed by atoms with Crippen molar-refractivity contribution in [1.82, 2.24) is 5.43 Å². The number of nitrogens with one attached hydrogen (secondary N) is 1. The minimum atomic E-state index is -0.0389. The Morgan fingerprint density at radius 2 is 1.56 bits per heavy atom. The Labute approximate surface area is 100 Å². The number of nitrogens with two attached hydrogens (primary N) is 1. The fourth-order valence-electron chi connectivity index (χ4n) is 1.86. The maximum absolute atomic E-state index is 11.1. The molecule has 1 atom stereocenters. The monoisotopic (exact) mass is 228 g/mol. The third-order valence-electron chi connectivity index (χ3n) is 3.08. The van der Waals surface area contributed by atoms with Gasteiger partial charge in [0.25, 0.3) is 0 Å². The summed E-state index contributed by atoms with van der Waals surface area (Å²) in [6, 6.07) is 0. The molecule has 96 valence electrons. The van der Waals surface area contributed by atoms with Gasteiger partial charge in [0, 0.05) is 5.92 Å². The standard InChI is InChI=1S/C13H28N2O/c1-3-4-5-6-7-8-9-10-11-12(2)13(16)15-14/h12H,3-11,14H2,1-2H3,(H,15,16). The van der Waals surface area contributed by atoms with E-state index in [1.54, 1.807) is 0 Å². The van der Waals surface area contributed by atoms with Crippen LogP contribution in [0.2, 0.25) is 0 Å². The first-order chi connectivity index (χ1) is 7.72. The van der Waals surface area contributed by atoms with Gasteiger partial charge in [-0.25, -0.2) is 5.84 Å². The number of rotatable bonds is 10. The van der Waals surface area contributed by atoms with Crippen molar-refractivity contribution in [3.05, 3.63) is 0 Å². The molecule has 0 aliphatic carbocycles. The van der Waals surface area contributed by atoms with Crippen molar-refractivity contribution in [1.29, 1.82) is 0 Å². The molecule has 0 aliphatic rings. The largest absolute Gasteiger partial charge is 0.294 e. The van der Waals surface area contributed by atoms with Crippen molar-refractivity contribution >= 4 is 5.91 Å². The molecule has 0 radical (unpaired) electrons. The van der Waals surface area contributed by atoms with Crippen LogP contribution >= 0.6 is 0 Å². The fourth-order valence-corrected chi connectivity index (χ4v) is 1.86. The molecule has 0 saturated carbocycles. The first kappa shape index (κ1) is 15.4. The van der Waals surface area contributed by atoms with Gasteiger partial charge >= 0.3 is 0 Å². The molecule has 16 heavy (non-hydrogen) atoms. The Morgan fingerprint density at radius 1 is 1.06 bits per heavy atom. The van der Waals surface area contributed by atoms with Crippen molar-refractivity contribution < 1.29 is 4.79 Å². The van der Waals surface area contributed by atoms with Crippen LogP contribution in [0.25, 0.3) is 0 Å². The molecular formula is C13H28N2O. The molecule has 3 nitrogen and oxygen atoms in total. The molecule has 3 N–H and O–H groups in total. The SMILES string of the molecule is CCCCCCCCCCC(C)C(=O)NN. The molecule has 3 heteroatoms. The lowest BCUT2D eigenvalue weighted by molar-refractivity contribution is -0.124. The Hall–Kier alpha value is -0.570. The van der Waals surface area contributed by atoms with Crippen LogP contribution in [0.1, 0.15) is 71.6 Å². The Bertz CT molecular complexity index is 171. The molecule has 0 rings (SSSR count). The van der Waals surface area contributed by atoms with Gasteiger partial charge in [-0.15, -0.1) is 0 Å². The summed E-state index contributed by atoms with van der Waals surface area (Å²) in [6.07, 6.45) is 11.4. The smallest absolute Gasteiger partial charge is 0.236 e. The Morgan fingerprint density at radius 3 is 2.06 bits per heavy atom. The molecule has 1 amide bonds. The van der Waals surface area contributed by atoms with E-state index in [2.05, 4.69) is 12.3 Å². The van der Waals surface area contributed by atoms with Crippen LogP contribution < -0.4 is 11.3 Å². The van der Waals surface area contributed by atoms with Gasteiger partial charge in [0.2, 0.25) is 5.91 Å². The Balaban J connectivity index is 3.17. The van der Waals surface area contributed by atoms with E-state index in [0.717, 1.165) is 12.8 Å². The summed E-state index contributed by atoms with van der Waals surface area (Å²) < 4.78 is 0. The van der Waals surface area contributed by atoms with E-state index in [4.69, 9.17) is 5.84 Å². The molecule has 1 unspecified atom stereocenters. The van der Waals surface area contributed by atoms with E-state index in [1.807, 2.05) is 6.92 Å². The summed E-state index contributed by atoms with van der Waals surface area (Å²) in [5, 5.41) is 0. The number of carbonyl (C=O) groups excluding carboxylic acids is 1. The number of carbonyl (C=O) groups is 1. The number of amides is 1. The van der Waals surface area contributed by atoms with Gasteiger partial charge in [-0.1, -0.05) is 65.2 Å². The molecule has 0 heterocycles. The maximum Gasteiger partial charge on any atom is 0.236 e. The zero-order valence-corrected chi connectivity index (χ0v) is 10.9. The van der Waals surface area contributed by atoms with Crippen molar-refractivity contribution in [2.75, 3.05) is 0 Å². The highest BCUT2D eigenvalue weighted by molar-refractivity contribution is 5.77. The van der Waals surface area contributed by atoms with Crippen LogP contribution in [0.3, 0.4) is 0 Å². The summed E-state index contributed by atoms with van der Waals surface area (Å²) >= 11 is 0. The fraction of sp³-hybridized carbons (Fsp3) is 0.923. The van der Waals surface area contributed by atoms with Crippen molar-refractivity contribution in [3.8, 4) is 0 Å². The highest BCUT2D eigenvalue weighted by atomic mass is 16.2. The second-order valence-corrected chi connectivity index (χ2v) is 4.67. The third kappa shape index (κ3) is 8.72. The van der Waals surface area contributed by atoms with Crippen LogP contribution in [0.15, 0.2) is 0 Å². The van der Waals surface area contributed by atoms with Crippen LogP contribution in [0, 0.1) is 5.92 Å². The molecule has 0 aromatic heterocycles. The minimum absolute atomic E-state index is 0.0389. The molecule has 0 aliphatic heterocycles. The normalized spacial score (nSPS) is 12.4. The van der Waals surface area contributed by atoms with Crippen molar-refractivity contribution in [3.63, 3.8) is 0 Å². The van der Waals surface area contributed by atoms with E-state index in [1.165, 1.54) is 44.9 Å². The summed E-state index contributed by atoms with van der Waals surface area (Å²) in [6.45, 7) is 4.17. The molecular weight excluding hydrogens is 200 g/mol. The van der Waals surface area contributed by atoms with E-state index >= 15 is 0 Å². The first-order valence-electron chi connectivity index (χ1n) is 6.72. The molecule has 0 spiro atoms. The topological polar surface area (TPSA) is 55.1 Å². The number of hydrogen-bond acceptors (Lipinski definition) is 2. The van der Waals surface area contributed by atoms with Gasteiger partial charge < -0.3 is 0 Å². The van der Waals surface area contributed by atoms with Gasteiger partial charge in [0.1, 0.15) is 0 Å². The number of unbranched alkanes of at least 4 members (excludes halogenated alkanes) is 7. The second kappa shape index (κ2) is 10.9. The average Bonchev–Trinajstić information content (AvgIpc) is 2.31. The predicted molar refractivity (Wildman–Crippen MR) is 68.7 cm³/mol. The van der Waals surface area contributed by atoms with Crippen LogP contribution in [0.5, 0.6) is 0 Å². The second-order valence-electron chi connectivity index (χ2n) is 4.67. The van der Waals surface area contributed by atoms with E-state index < -0.39 is 0 Å². The van der Waals surface area contributed by atoms with E-state index in [-0.39, 0.29) is 11.8 Å². The summed E-state index contributed by atoms with van der Waals surface area (Å²) in [4.78, 5) is 11.1. The molecule has 0 fully saturated rings. The van der Waals surface area contributed by atoms with Gasteiger partial charge in [0.15, 0.2) is 0 Å². The van der Waals surface area contributed by atoms with Crippen molar-refractivity contribution in [2.24, 2.45) is 11.8 Å². The van der Waals surface area contributed by atoms with Crippen LogP contribution in [-0.2, 0) is 4.79 Å². The van der Waals surface area contributed by atoms with Crippen LogP contribution in [0.4, 0.5) is 0 Å². The van der Waals surface area contributed by atoms with Crippen LogP contribution in [-0.4, -0.2) is 5.91 Å². The summed E-state index contributed by atoms with van der Waals surface area (Å²) in [5.74, 6) is 5.09. The van der Waals surface area contributed by atoms with Gasteiger partial charge in [0.05, 0.1) is 0 Å². The lowest BCUT2D eigenvalue weighted by atomic mass is 10.0. The zero-order valence-electron chi connectivity index (χ0n) is 10.9. The Kier molecular flexibility index (Phi) is 10.5. The summed E-state index contributed by atoms with van der Waals surface area (Å²) in [7, 11) is 0. The first-order valence-corrected chi connectivity index (χ1v) is 6.72. The van der Waals surface area contributed by atoms with Crippen molar-refractivity contribution in [2.45, 2.75) is 71.6 Å². The van der Waals surface area contributed by atoms with E-state index in [0.29, 0.717) is 0 Å². The van der Waals surface area contributed by atoms with Gasteiger partial charge in [-0.3, -0.25) is 10.2 Å². The predicted octanol–water partition coefficient (Wildman–Crippen LogP) is 3.14. The molecule has 0 bridgehead atoms.